The smallest absolute Gasteiger partial charge is 0.0728 e. The van der Waals surface area contributed by atoms with Gasteiger partial charge < -0.3 is 14.9 Å². The molecule has 1 aromatic carbocycles. The standard InChI is InChI=1S/C20H31ClN2O/c1-16-6-8-20(24,9-7-16)19(17-4-3-5-18(21)14-17)15-23-12-10-22(2)11-13-23/h3-5,14,16,19,24H,6-13,15H2,1-2H3. The maximum absolute atomic E-state index is 11.5. The van der Waals surface area contributed by atoms with E-state index in [1.165, 1.54) is 5.56 Å². The first-order valence-electron chi connectivity index (χ1n) is 9.35. The molecule has 1 atom stereocenters. The summed E-state index contributed by atoms with van der Waals surface area (Å²) in [5.74, 6) is 0.876. The van der Waals surface area contributed by atoms with E-state index in [4.69, 9.17) is 11.6 Å². The van der Waals surface area contributed by atoms with Gasteiger partial charge in [-0.05, 0) is 56.3 Å². The van der Waals surface area contributed by atoms with Gasteiger partial charge in [0.2, 0.25) is 0 Å². The fourth-order valence-electron chi connectivity index (χ4n) is 4.21. The first-order valence-corrected chi connectivity index (χ1v) is 9.73. The number of piperazine rings is 1. The molecule has 0 spiro atoms. The minimum absolute atomic E-state index is 0.145. The average Bonchev–Trinajstić information content (AvgIpc) is 2.57. The van der Waals surface area contributed by atoms with Gasteiger partial charge in [0.15, 0.2) is 0 Å². The van der Waals surface area contributed by atoms with Crippen molar-refractivity contribution in [2.45, 2.75) is 44.1 Å². The highest BCUT2D eigenvalue weighted by Crippen LogP contribution is 2.42. The number of benzene rings is 1. The molecule has 2 fully saturated rings. The second-order valence-corrected chi connectivity index (χ2v) is 8.43. The molecule has 4 heteroatoms. The van der Waals surface area contributed by atoms with Crippen molar-refractivity contribution in [2.24, 2.45) is 5.92 Å². The lowest BCUT2D eigenvalue weighted by molar-refractivity contribution is -0.0423. The molecule has 1 unspecified atom stereocenters. The third-order valence-corrected chi connectivity index (χ3v) is 6.31. The first-order chi connectivity index (χ1) is 11.5. The summed E-state index contributed by atoms with van der Waals surface area (Å²) in [5.41, 5.74) is 0.596. The molecular formula is C20H31ClN2O. The highest BCUT2D eigenvalue weighted by Gasteiger charge is 2.41. The minimum Gasteiger partial charge on any atom is -0.389 e. The van der Waals surface area contributed by atoms with Crippen molar-refractivity contribution in [1.82, 2.24) is 9.80 Å². The number of hydrogen-bond acceptors (Lipinski definition) is 3. The number of nitrogens with zero attached hydrogens (tertiary/aromatic N) is 2. The summed E-state index contributed by atoms with van der Waals surface area (Å²) < 4.78 is 0. The fraction of sp³-hybridized carbons (Fsp3) is 0.700. The Morgan fingerprint density at radius 1 is 1.21 bits per heavy atom. The van der Waals surface area contributed by atoms with E-state index in [0.717, 1.165) is 69.3 Å². The zero-order chi connectivity index (χ0) is 17.2. The van der Waals surface area contributed by atoms with Crippen LogP contribution in [-0.4, -0.2) is 60.3 Å². The van der Waals surface area contributed by atoms with Gasteiger partial charge in [-0.1, -0.05) is 30.7 Å². The van der Waals surface area contributed by atoms with E-state index in [-0.39, 0.29) is 5.92 Å². The summed E-state index contributed by atoms with van der Waals surface area (Å²) in [6.07, 6.45) is 4.05. The van der Waals surface area contributed by atoms with Crippen molar-refractivity contribution in [1.29, 1.82) is 0 Å². The molecule has 3 nitrogen and oxygen atoms in total. The van der Waals surface area contributed by atoms with Gasteiger partial charge in [0.05, 0.1) is 5.60 Å². The summed E-state index contributed by atoms with van der Waals surface area (Å²) in [6.45, 7) is 7.61. The predicted octanol–water partition coefficient (Wildman–Crippen LogP) is 3.61. The quantitative estimate of drug-likeness (QED) is 0.898. The lowest BCUT2D eigenvalue weighted by Crippen LogP contribution is -2.50. The number of rotatable bonds is 4. The summed E-state index contributed by atoms with van der Waals surface area (Å²) in [4.78, 5) is 4.89. The highest BCUT2D eigenvalue weighted by atomic mass is 35.5. The van der Waals surface area contributed by atoms with E-state index in [1.54, 1.807) is 0 Å². The van der Waals surface area contributed by atoms with E-state index >= 15 is 0 Å². The van der Waals surface area contributed by atoms with Crippen LogP contribution in [0.1, 0.15) is 44.1 Å². The second kappa shape index (κ2) is 7.74. The largest absolute Gasteiger partial charge is 0.389 e. The molecule has 24 heavy (non-hydrogen) atoms. The van der Waals surface area contributed by atoms with Crippen LogP contribution in [0.25, 0.3) is 0 Å². The molecule has 1 aliphatic carbocycles. The molecule has 1 heterocycles. The van der Waals surface area contributed by atoms with Crippen molar-refractivity contribution in [3.63, 3.8) is 0 Å². The molecule has 0 radical (unpaired) electrons. The zero-order valence-electron chi connectivity index (χ0n) is 15.0. The van der Waals surface area contributed by atoms with Gasteiger partial charge in [-0.15, -0.1) is 0 Å². The summed E-state index contributed by atoms with van der Waals surface area (Å²) in [6, 6.07) is 8.13. The molecule has 2 aliphatic rings. The molecule has 3 rings (SSSR count). The second-order valence-electron chi connectivity index (χ2n) is 8.00. The molecule has 0 aromatic heterocycles. The third-order valence-electron chi connectivity index (χ3n) is 6.08. The van der Waals surface area contributed by atoms with E-state index < -0.39 is 5.60 Å². The molecule has 1 N–H and O–H groups in total. The first kappa shape index (κ1) is 18.2. The van der Waals surface area contributed by atoms with Crippen molar-refractivity contribution < 1.29 is 5.11 Å². The van der Waals surface area contributed by atoms with Gasteiger partial charge in [-0.3, -0.25) is 0 Å². The molecule has 1 saturated heterocycles. The Balaban J connectivity index is 1.81. The number of aliphatic hydroxyl groups is 1. The minimum atomic E-state index is -0.597. The topological polar surface area (TPSA) is 26.7 Å². The van der Waals surface area contributed by atoms with Crippen LogP contribution in [0.15, 0.2) is 24.3 Å². The van der Waals surface area contributed by atoms with E-state index in [1.807, 2.05) is 12.1 Å². The normalized spacial score (nSPS) is 31.1. The maximum atomic E-state index is 11.5. The Hall–Kier alpha value is -0.610. The van der Waals surface area contributed by atoms with Crippen LogP contribution < -0.4 is 0 Å². The van der Waals surface area contributed by atoms with Gasteiger partial charge in [0.25, 0.3) is 0 Å². The van der Waals surface area contributed by atoms with Gasteiger partial charge in [-0.2, -0.15) is 0 Å². The molecular weight excluding hydrogens is 320 g/mol. The van der Waals surface area contributed by atoms with Gasteiger partial charge in [0.1, 0.15) is 0 Å². The Morgan fingerprint density at radius 3 is 2.50 bits per heavy atom. The van der Waals surface area contributed by atoms with Crippen molar-refractivity contribution in [3.8, 4) is 0 Å². The molecule has 1 aromatic rings. The maximum Gasteiger partial charge on any atom is 0.0728 e. The summed E-state index contributed by atoms with van der Waals surface area (Å²) in [7, 11) is 2.18. The Kier molecular flexibility index (Phi) is 5.86. The van der Waals surface area contributed by atoms with Crippen LogP contribution in [0, 0.1) is 5.92 Å². The molecule has 1 saturated carbocycles. The molecule has 134 valence electrons. The Labute approximate surface area is 151 Å². The van der Waals surface area contributed by atoms with Crippen LogP contribution in [-0.2, 0) is 0 Å². The lowest BCUT2D eigenvalue weighted by Gasteiger charge is -2.44. The fourth-order valence-corrected chi connectivity index (χ4v) is 4.41. The number of halogens is 1. The van der Waals surface area contributed by atoms with Crippen molar-refractivity contribution in [3.05, 3.63) is 34.9 Å². The van der Waals surface area contributed by atoms with Crippen LogP contribution in [0.2, 0.25) is 5.02 Å². The number of likely N-dealkylation sites (N-methyl/N-ethyl adjacent to an activating group) is 1. The van der Waals surface area contributed by atoms with Gasteiger partial charge in [0, 0.05) is 43.7 Å². The monoisotopic (exact) mass is 350 g/mol. The van der Waals surface area contributed by atoms with Crippen LogP contribution in [0.4, 0.5) is 0 Å². The Bertz CT molecular complexity index is 534. The van der Waals surface area contributed by atoms with Crippen LogP contribution in [0.5, 0.6) is 0 Å². The molecule has 0 amide bonds. The van der Waals surface area contributed by atoms with Crippen LogP contribution in [0.3, 0.4) is 0 Å². The van der Waals surface area contributed by atoms with E-state index in [9.17, 15) is 5.11 Å². The Morgan fingerprint density at radius 2 is 1.88 bits per heavy atom. The third kappa shape index (κ3) is 4.32. The average molecular weight is 351 g/mol. The number of hydrogen-bond donors (Lipinski definition) is 1. The van der Waals surface area contributed by atoms with Crippen molar-refractivity contribution in [2.75, 3.05) is 39.8 Å². The van der Waals surface area contributed by atoms with Crippen molar-refractivity contribution >= 4 is 11.6 Å². The van der Waals surface area contributed by atoms with E-state index in [2.05, 4.69) is 35.9 Å². The zero-order valence-corrected chi connectivity index (χ0v) is 15.8. The molecule has 0 bridgehead atoms. The lowest BCUT2D eigenvalue weighted by atomic mass is 9.70. The van der Waals surface area contributed by atoms with E-state index in [0.29, 0.717) is 0 Å². The summed E-state index contributed by atoms with van der Waals surface area (Å²) in [5, 5.41) is 12.3. The summed E-state index contributed by atoms with van der Waals surface area (Å²) >= 11 is 6.26. The van der Waals surface area contributed by atoms with Gasteiger partial charge >= 0.3 is 0 Å². The van der Waals surface area contributed by atoms with Gasteiger partial charge in [-0.25, -0.2) is 0 Å². The predicted molar refractivity (Wildman–Crippen MR) is 101 cm³/mol. The SMILES string of the molecule is CC1CCC(O)(C(CN2CCN(C)CC2)c2cccc(Cl)c2)CC1. The van der Waals surface area contributed by atoms with Crippen LogP contribution >= 0.6 is 11.6 Å². The molecule has 1 aliphatic heterocycles. The highest BCUT2D eigenvalue weighted by molar-refractivity contribution is 6.30.